The van der Waals surface area contributed by atoms with Crippen LogP contribution < -0.4 is 5.32 Å². The van der Waals surface area contributed by atoms with Crippen LogP contribution in [0, 0.1) is 17.3 Å². The van der Waals surface area contributed by atoms with E-state index in [4.69, 9.17) is 0 Å². The van der Waals surface area contributed by atoms with Crippen molar-refractivity contribution < 1.29 is 14.7 Å². The van der Waals surface area contributed by atoms with E-state index in [0.29, 0.717) is 25.3 Å². The molecule has 0 aromatic rings. The molecule has 0 atom stereocenters. The van der Waals surface area contributed by atoms with Crippen molar-refractivity contribution in [2.24, 2.45) is 17.3 Å². The van der Waals surface area contributed by atoms with Crippen LogP contribution in [0.5, 0.6) is 0 Å². The number of nitrogens with one attached hydrogen (secondary N) is 1. The average Bonchev–Trinajstić information content (AvgIpc) is 2.47. The van der Waals surface area contributed by atoms with Crippen molar-refractivity contribution in [1.29, 1.82) is 0 Å². The Hall–Kier alpha value is -1.06. The first-order chi connectivity index (χ1) is 9.53. The molecule has 0 aromatic carbocycles. The Kier molecular flexibility index (Phi) is 5.06. The first-order valence-corrected chi connectivity index (χ1v) is 8.05. The minimum absolute atomic E-state index is 0.0731. The summed E-state index contributed by atoms with van der Waals surface area (Å²) in [5.74, 6) is 0.0471. The summed E-state index contributed by atoms with van der Waals surface area (Å²) in [6.07, 6.45) is 8.67. The number of hydrogen-bond acceptors (Lipinski definition) is 2. The van der Waals surface area contributed by atoms with Gasteiger partial charge in [0.2, 0.25) is 5.91 Å². The van der Waals surface area contributed by atoms with Gasteiger partial charge in [-0.25, -0.2) is 0 Å². The number of rotatable bonds is 4. The molecule has 2 N–H and O–H groups in total. The maximum atomic E-state index is 12.2. The fraction of sp³-hybridized carbons (Fsp3) is 0.875. The van der Waals surface area contributed by atoms with Crippen LogP contribution in [0.3, 0.4) is 0 Å². The quantitative estimate of drug-likeness (QED) is 0.832. The van der Waals surface area contributed by atoms with Crippen molar-refractivity contribution in [2.75, 3.05) is 6.54 Å². The van der Waals surface area contributed by atoms with Crippen molar-refractivity contribution in [3.8, 4) is 0 Å². The van der Waals surface area contributed by atoms with Crippen LogP contribution in [0.25, 0.3) is 0 Å². The number of hydrogen-bond donors (Lipinski definition) is 2. The van der Waals surface area contributed by atoms with Crippen LogP contribution in [-0.2, 0) is 9.59 Å². The lowest BCUT2D eigenvalue weighted by Crippen LogP contribution is -2.46. The Labute approximate surface area is 121 Å². The van der Waals surface area contributed by atoms with Crippen LogP contribution >= 0.6 is 0 Å². The van der Waals surface area contributed by atoms with Gasteiger partial charge in [0.05, 0.1) is 5.41 Å². The van der Waals surface area contributed by atoms with E-state index in [9.17, 15) is 14.7 Å². The molecule has 2 saturated carbocycles. The summed E-state index contributed by atoms with van der Waals surface area (Å²) in [6, 6.07) is 0. The predicted molar refractivity (Wildman–Crippen MR) is 77.3 cm³/mol. The van der Waals surface area contributed by atoms with Gasteiger partial charge in [-0.15, -0.1) is 0 Å². The lowest BCUT2D eigenvalue weighted by Gasteiger charge is -2.36. The van der Waals surface area contributed by atoms with Crippen LogP contribution in [0.15, 0.2) is 0 Å². The Morgan fingerprint density at radius 1 is 1.10 bits per heavy atom. The van der Waals surface area contributed by atoms with E-state index < -0.39 is 11.4 Å². The number of carbonyl (C=O) groups is 2. The third-order valence-electron chi connectivity index (χ3n) is 5.26. The van der Waals surface area contributed by atoms with Gasteiger partial charge in [-0.3, -0.25) is 9.59 Å². The summed E-state index contributed by atoms with van der Waals surface area (Å²) in [6.45, 7) is 2.48. The number of carboxylic acid groups (broad SMARTS) is 1. The van der Waals surface area contributed by atoms with E-state index in [1.807, 2.05) is 0 Å². The van der Waals surface area contributed by atoms with Crippen molar-refractivity contribution >= 4 is 11.9 Å². The summed E-state index contributed by atoms with van der Waals surface area (Å²) in [5, 5.41) is 12.5. The summed E-state index contributed by atoms with van der Waals surface area (Å²) < 4.78 is 0. The molecule has 0 aliphatic heterocycles. The van der Waals surface area contributed by atoms with Gasteiger partial charge in [0.25, 0.3) is 0 Å². The number of amides is 1. The van der Waals surface area contributed by atoms with Crippen molar-refractivity contribution in [3.05, 3.63) is 0 Å². The number of carboxylic acids is 1. The Bertz CT molecular complexity index is 353. The molecule has 2 aliphatic carbocycles. The second kappa shape index (κ2) is 6.59. The van der Waals surface area contributed by atoms with E-state index in [1.54, 1.807) is 0 Å². The van der Waals surface area contributed by atoms with Crippen molar-refractivity contribution in [3.63, 3.8) is 0 Å². The molecule has 0 heterocycles. The van der Waals surface area contributed by atoms with Crippen molar-refractivity contribution in [1.82, 2.24) is 5.32 Å². The molecule has 0 aromatic heterocycles. The third-order valence-corrected chi connectivity index (χ3v) is 5.26. The maximum absolute atomic E-state index is 12.2. The Morgan fingerprint density at radius 3 is 2.25 bits per heavy atom. The SMILES string of the molecule is CC1CCC(CNC(=O)C2CCCCC2)(C(=O)O)CC1. The molecule has 20 heavy (non-hydrogen) atoms. The predicted octanol–water partition coefficient (Wildman–Crippen LogP) is 2.96. The van der Waals surface area contributed by atoms with Crippen LogP contribution in [0.4, 0.5) is 0 Å². The van der Waals surface area contributed by atoms with Gasteiger partial charge in [0.1, 0.15) is 0 Å². The van der Waals surface area contributed by atoms with Gasteiger partial charge in [-0.1, -0.05) is 26.2 Å². The standard InChI is InChI=1S/C16H27NO3/c1-12-7-9-16(10-8-12,15(19)20)11-17-14(18)13-5-3-2-4-6-13/h12-13H,2-11H2,1H3,(H,17,18)(H,19,20). The maximum Gasteiger partial charge on any atom is 0.311 e. The molecular weight excluding hydrogens is 254 g/mol. The second-order valence-electron chi connectivity index (χ2n) is 6.82. The zero-order chi connectivity index (χ0) is 14.6. The fourth-order valence-electron chi connectivity index (χ4n) is 3.55. The molecular formula is C16H27NO3. The number of carbonyl (C=O) groups excluding carboxylic acids is 1. The smallest absolute Gasteiger partial charge is 0.311 e. The van der Waals surface area contributed by atoms with Gasteiger partial charge in [-0.05, 0) is 44.4 Å². The molecule has 0 unspecified atom stereocenters. The summed E-state index contributed by atoms with van der Waals surface area (Å²) in [5.41, 5.74) is -0.725. The molecule has 4 heteroatoms. The third kappa shape index (κ3) is 3.53. The van der Waals surface area contributed by atoms with Gasteiger partial charge in [0.15, 0.2) is 0 Å². The van der Waals surface area contributed by atoms with Crippen molar-refractivity contribution in [2.45, 2.75) is 64.7 Å². The molecule has 0 bridgehead atoms. The average molecular weight is 281 g/mol. The molecule has 2 fully saturated rings. The topological polar surface area (TPSA) is 66.4 Å². The lowest BCUT2D eigenvalue weighted by molar-refractivity contribution is -0.151. The van der Waals surface area contributed by atoms with E-state index in [2.05, 4.69) is 12.2 Å². The highest BCUT2D eigenvalue weighted by Crippen LogP contribution is 2.38. The van der Waals surface area contributed by atoms with E-state index in [1.165, 1.54) is 6.42 Å². The van der Waals surface area contributed by atoms with E-state index >= 15 is 0 Å². The monoisotopic (exact) mass is 281 g/mol. The van der Waals surface area contributed by atoms with Gasteiger partial charge < -0.3 is 10.4 Å². The first-order valence-electron chi connectivity index (χ1n) is 8.05. The lowest BCUT2D eigenvalue weighted by atomic mass is 9.70. The number of aliphatic carboxylic acids is 1. The largest absolute Gasteiger partial charge is 0.481 e. The summed E-state index contributed by atoms with van der Waals surface area (Å²) in [4.78, 5) is 23.8. The normalized spacial score (nSPS) is 31.8. The Morgan fingerprint density at radius 2 is 1.70 bits per heavy atom. The molecule has 2 rings (SSSR count). The molecule has 2 aliphatic rings. The van der Waals surface area contributed by atoms with E-state index in [-0.39, 0.29) is 11.8 Å². The molecule has 0 radical (unpaired) electrons. The first kappa shape index (κ1) is 15.3. The minimum Gasteiger partial charge on any atom is -0.481 e. The molecule has 114 valence electrons. The fourth-order valence-corrected chi connectivity index (χ4v) is 3.55. The second-order valence-corrected chi connectivity index (χ2v) is 6.82. The highest BCUT2D eigenvalue weighted by atomic mass is 16.4. The molecule has 0 saturated heterocycles. The molecule has 0 spiro atoms. The highest BCUT2D eigenvalue weighted by Gasteiger charge is 2.41. The highest BCUT2D eigenvalue weighted by molar-refractivity contribution is 5.80. The summed E-state index contributed by atoms with van der Waals surface area (Å²) in [7, 11) is 0. The van der Waals surface area contributed by atoms with Gasteiger partial charge in [0, 0.05) is 12.5 Å². The summed E-state index contributed by atoms with van der Waals surface area (Å²) >= 11 is 0. The van der Waals surface area contributed by atoms with Gasteiger partial charge >= 0.3 is 5.97 Å². The van der Waals surface area contributed by atoms with Crippen LogP contribution in [0.1, 0.15) is 64.7 Å². The zero-order valence-electron chi connectivity index (χ0n) is 12.5. The van der Waals surface area contributed by atoms with Crippen LogP contribution in [-0.4, -0.2) is 23.5 Å². The minimum atomic E-state index is -0.742. The van der Waals surface area contributed by atoms with Crippen LogP contribution in [0.2, 0.25) is 0 Å². The van der Waals surface area contributed by atoms with E-state index in [0.717, 1.165) is 38.5 Å². The van der Waals surface area contributed by atoms with Gasteiger partial charge in [-0.2, -0.15) is 0 Å². The molecule has 1 amide bonds. The molecule has 4 nitrogen and oxygen atoms in total. The zero-order valence-corrected chi connectivity index (χ0v) is 12.5. The Balaban J connectivity index is 1.89.